The van der Waals surface area contributed by atoms with Gasteiger partial charge in [-0.05, 0) is 61.1 Å². The second kappa shape index (κ2) is 8.96. The first-order chi connectivity index (χ1) is 13.7. The second-order valence-corrected chi connectivity index (χ2v) is 8.02. The van der Waals surface area contributed by atoms with Crippen molar-refractivity contribution in [3.05, 3.63) is 41.2 Å². The van der Waals surface area contributed by atoms with Crippen LogP contribution >= 0.6 is 0 Å². The third-order valence-corrected chi connectivity index (χ3v) is 6.23. The van der Waals surface area contributed by atoms with Crippen molar-refractivity contribution >= 4 is 0 Å². The minimum Gasteiger partial charge on any atom is -0.421 e. The van der Waals surface area contributed by atoms with E-state index in [1.165, 1.54) is 32.1 Å². The maximum absolute atomic E-state index is 14.2. The minimum absolute atomic E-state index is 0.117. The summed E-state index contributed by atoms with van der Waals surface area (Å²) in [6, 6.07) is 1.74. The molecule has 0 radical (unpaired) electrons. The summed E-state index contributed by atoms with van der Waals surface area (Å²) in [6.45, 7) is 0. The van der Waals surface area contributed by atoms with Crippen molar-refractivity contribution in [2.45, 2.75) is 69.8 Å². The van der Waals surface area contributed by atoms with Crippen molar-refractivity contribution < 1.29 is 35.5 Å². The molecule has 0 heterocycles. The van der Waals surface area contributed by atoms with E-state index in [4.69, 9.17) is 0 Å². The van der Waals surface area contributed by atoms with E-state index in [1.807, 2.05) is 0 Å². The van der Waals surface area contributed by atoms with Crippen LogP contribution in [0.1, 0.15) is 69.3 Å². The maximum Gasteiger partial charge on any atom is 0.459 e. The van der Waals surface area contributed by atoms with E-state index < -0.39 is 35.4 Å². The summed E-state index contributed by atoms with van der Waals surface area (Å²) in [4.78, 5) is 0. The maximum atomic E-state index is 14.2. The molecule has 0 N–H and O–H groups in total. The van der Waals surface area contributed by atoms with Crippen LogP contribution in [0.4, 0.5) is 30.7 Å². The Bertz CT molecular complexity index is 720. The molecule has 1 aromatic rings. The predicted molar refractivity (Wildman–Crippen MR) is 93.6 cm³/mol. The molecule has 0 bridgehead atoms. The Labute approximate surface area is 164 Å². The van der Waals surface area contributed by atoms with Crippen molar-refractivity contribution in [1.29, 1.82) is 0 Å². The lowest BCUT2D eigenvalue weighted by molar-refractivity contribution is -0.162. The zero-order valence-corrected chi connectivity index (χ0v) is 15.8. The van der Waals surface area contributed by atoms with Crippen LogP contribution in [-0.2, 0) is 0 Å². The van der Waals surface area contributed by atoms with Crippen LogP contribution in [0.5, 0.6) is 5.75 Å². The summed E-state index contributed by atoms with van der Waals surface area (Å²) in [5.74, 6) is -6.51. The molecule has 0 unspecified atom stereocenters. The number of hydrogen-bond donors (Lipinski definition) is 0. The van der Waals surface area contributed by atoms with Gasteiger partial charge in [0.1, 0.15) is 0 Å². The molecule has 0 amide bonds. The minimum atomic E-state index is -5.17. The molecule has 2 fully saturated rings. The van der Waals surface area contributed by atoms with Gasteiger partial charge < -0.3 is 4.74 Å². The van der Waals surface area contributed by atoms with Gasteiger partial charge in [0.15, 0.2) is 17.4 Å². The number of benzene rings is 1. The van der Waals surface area contributed by atoms with Gasteiger partial charge in [-0.15, -0.1) is 0 Å². The molecule has 29 heavy (non-hydrogen) atoms. The van der Waals surface area contributed by atoms with E-state index in [1.54, 1.807) is 0 Å². The van der Waals surface area contributed by atoms with E-state index >= 15 is 0 Å². The lowest BCUT2D eigenvalue weighted by atomic mass is 9.70. The topological polar surface area (TPSA) is 9.23 Å². The monoisotopic (exact) mass is 424 g/mol. The highest BCUT2D eigenvalue weighted by Crippen LogP contribution is 2.44. The van der Waals surface area contributed by atoms with Gasteiger partial charge in [0.05, 0.1) is 0 Å². The van der Waals surface area contributed by atoms with Crippen molar-refractivity contribution in [2.75, 3.05) is 0 Å². The Morgan fingerprint density at radius 3 is 1.83 bits per heavy atom. The first-order valence-corrected chi connectivity index (χ1v) is 9.96. The van der Waals surface area contributed by atoms with Crippen LogP contribution < -0.4 is 4.74 Å². The SMILES string of the molecule is FC(F)=C(F)C(F)(F)Oc1c(F)cc(C2CCC(C3CCCCC3)CC2)cc1F. The fourth-order valence-corrected chi connectivity index (χ4v) is 4.73. The lowest BCUT2D eigenvalue weighted by Crippen LogP contribution is -2.27. The third-order valence-electron chi connectivity index (χ3n) is 6.23. The molecule has 3 rings (SSSR count). The smallest absolute Gasteiger partial charge is 0.421 e. The van der Waals surface area contributed by atoms with Gasteiger partial charge in [-0.2, -0.15) is 22.0 Å². The number of rotatable bonds is 5. The molecule has 162 valence electrons. The number of alkyl halides is 2. The van der Waals surface area contributed by atoms with Gasteiger partial charge in [0, 0.05) is 0 Å². The first-order valence-electron chi connectivity index (χ1n) is 9.96. The molecular weight excluding hydrogens is 401 g/mol. The van der Waals surface area contributed by atoms with Gasteiger partial charge >= 0.3 is 12.2 Å². The highest BCUT2D eigenvalue weighted by atomic mass is 19.3. The van der Waals surface area contributed by atoms with Crippen molar-refractivity contribution in [3.63, 3.8) is 0 Å². The number of ether oxygens (including phenoxy) is 1. The molecule has 2 saturated carbocycles. The highest BCUT2D eigenvalue weighted by molar-refractivity contribution is 5.34. The Hall–Kier alpha value is -1.73. The highest BCUT2D eigenvalue weighted by Gasteiger charge is 2.44. The summed E-state index contributed by atoms with van der Waals surface area (Å²) >= 11 is 0. The van der Waals surface area contributed by atoms with Gasteiger partial charge in [-0.25, -0.2) is 8.78 Å². The molecule has 8 heteroatoms. The van der Waals surface area contributed by atoms with Crippen molar-refractivity contribution in [2.24, 2.45) is 11.8 Å². The van der Waals surface area contributed by atoms with E-state index in [2.05, 4.69) is 4.74 Å². The zero-order valence-electron chi connectivity index (χ0n) is 15.8. The first kappa shape index (κ1) is 22.0. The molecule has 0 atom stereocenters. The average molecular weight is 424 g/mol. The van der Waals surface area contributed by atoms with Gasteiger partial charge in [-0.1, -0.05) is 32.1 Å². The van der Waals surface area contributed by atoms with Crippen molar-refractivity contribution in [1.82, 2.24) is 0 Å². The molecule has 0 aromatic heterocycles. The fraction of sp³-hybridized carbons (Fsp3) is 0.619. The van der Waals surface area contributed by atoms with Crippen molar-refractivity contribution in [3.8, 4) is 5.75 Å². The average Bonchev–Trinajstić information content (AvgIpc) is 2.70. The van der Waals surface area contributed by atoms with Crippen LogP contribution in [-0.4, -0.2) is 6.11 Å². The van der Waals surface area contributed by atoms with Crippen LogP contribution in [0.25, 0.3) is 0 Å². The van der Waals surface area contributed by atoms with Gasteiger partial charge in [0.25, 0.3) is 5.83 Å². The normalized spacial score (nSPS) is 23.7. The summed E-state index contributed by atoms with van der Waals surface area (Å²) < 4.78 is 95.6. The van der Waals surface area contributed by atoms with Gasteiger partial charge in [-0.3, -0.25) is 0 Å². The standard InChI is InChI=1S/C21H23F7O/c22-16-10-15(11-17(23)18(16)29-21(27,28)19(24)20(25)26)14-8-6-13(7-9-14)12-4-2-1-3-5-12/h10-14H,1-9H2. The number of hydrogen-bond acceptors (Lipinski definition) is 1. The fourth-order valence-electron chi connectivity index (χ4n) is 4.73. The van der Waals surface area contributed by atoms with Crippen LogP contribution in [0.2, 0.25) is 0 Å². The Morgan fingerprint density at radius 1 is 0.793 bits per heavy atom. The molecule has 2 aliphatic carbocycles. The third kappa shape index (κ3) is 5.07. The van der Waals surface area contributed by atoms with E-state index in [0.29, 0.717) is 17.4 Å². The molecule has 1 nitrogen and oxygen atoms in total. The summed E-state index contributed by atoms with van der Waals surface area (Å²) in [5.41, 5.74) is 0.311. The Morgan fingerprint density at radius 2 is 1.31 bits per heavy atom. The molecule has 0 aliphatic heterocycles. The molecule has 1 aromatic carbocycles. The number of halogens is 7. The van der Waals surface area contributed by atoms with Crippen LogP contribution in [0, 0.1) is 23.5 Å². The van der Waals surface area contributed by atoms with Crippen LogP contribution in [0.3, 0.4) is 0 Å². The molecule has 0 spiro atoms. The van der Waals surface area contributed by atoms with Crippen LogP contribution in [0.15, 0.2) is 24.0 Å². The quantitative estimate of drug-likeness (QED) is 0.437. The molecular formula is C21H23F7O. The lowest BCUT2D eigenvalue weighted by Gasteiger charge is -2.36. The Balaban J connectivity index is 1.69. The Kier molecular flexibility index (Phi) is 6.79. The molecule has 2 aliphatic rings. The zero-order chi connectivity index (χ0) is 21.2. The van der Waals surface area contributed by atoms with Gasteiger partial charge in [0.2, 0.25) is 0 Å². The van der Waals surface area contributed by atoms with E-state index in [9.17, 15) is 30.7 Å². The summed E-state index contributed by atoms with van der Waals surface area (Å²) in [5, 5.41) is 0. The van der Waals surface area contributed by atoms with E-state index in [0.717, 1.165) is 37.8 Å². The summed E-state index contributed by atoms with van der Waals surface area (Å²) in [7, 11) is 0. The summed E-state index contributed by atoms with van der Waals surface area (Å²) in [6.07, 6.45) is 1.09. The largest absolute Gasteiger partial charge is 0.459 e. The predicted octanol–water partition coefficient (Wildman–Crippen LogP) is 7.87. The van der Waals surface area contributed by atoms with E-state index in [-0.39, 0.29) is 5.92 Å². The second-order valence-electron chi connectivity index (χ2n) is 8.02. The molecule has 0 saturated heterocycles.